The fourth-order valence-electron chi connectivity index (χ4n) is 3.45. The monoisotopic (exact) mass is 451 g/mol. The first-order chi connectivity index (χ1) is 17.2. The molecule has 0 aliphatic heterocycles. The second-order valence-corrected chi connectivity index (χ2v) is 8.03. The standard InChI is InChI=1S/C22H24N8O3/c1-23-22(32)19-15(10-18(27-28-19)26-21(31)13-8-9-13)25-14-4-3-5-17(20(14)33-2)30-24-11-16(29-30)12-6-7-12/h3-5,10-13H,6-9H2,1-2H3,(H,23,32)(H2,25,26,27,31)/i1D3. The highest BCUT2D eigenvalue weighted by Crippen LogP contribution is 2.39. The highest BCUT2D eigenvalue weighted by Gasteiger charge is 2.30. The fourth-order valence-corrected chi connectivity index (χ4v) is 3.45. The van der Waals surface area contributed by atoms with Gasteiger partial charge in [0.2, 0.25) is 5.91 Å². The van der Waals surface area contributed by atoms with Crippen molar-refractivity contribution in [3.63, 3.8) is 0 Å². The van der Waals surface area contributed by atoms with E-state index in [9.17, 15) is 9.59 Å². The van der Waals surface area contributed by atoms with Crippen molar-refractivity contribution in [1.82, 2.24) is 30.5 Å². The van der Waals surface area contributed by atoms with Crippen molar-refractivity contribution in [2.24, 2.45) is 5.92 Å². The van der Waals surface area contributed by atoms with Gasteiger partial charge < -0.3 is 20.7 Å². The molecule has 0 spiro atoms. The molecule has 1 aromatic carbocycles. The summed E-state index contributed by atoms with van der Waals surface area (Å²) < 4.78 is 27.7. The third-order valence-corrected chi connectivity index (χ3v) is 5.51. The van der Waals surface area contributed by atoms with Crippen LogP contribution in [-0.2, 0) is 4.79 Å². The lowest BCUT2D eigenvalue weighted by Gasteiger charge is -2.16. The van der Waals surface area contributed by atoms with E-state index in [1.54, 1.807) is 24.4 Å². The number of hydrogen-bond acceptors (Lipinski definition) is 8. The van der Waals surface area contributed by atoms with Crippen molar-refractivity contribution < 1.29 is 18.4 Å². The first-order valence-electron chi connectivity index (χ1n) is 12.1. The Labute approximate surface area is 194 Å². The van der Waals surface area contributed by atoms with Crippen molar-refractivity contribution in [2.45, 2.75) is 31.6 Å². The molecule has 0 saturated heterocycles. The lowest BCUT2D eigenvalue weighted by atomic mass is 10.2. The van der Waals surface area contributed by atoms with E-state index >= 15 is 0 Å². The first kappa shape index (κ1) is 17.5. The van der Waals surface area contributed by atoms with Gasteiger partial charge in [0, 0.05) is 29.0 Å². The number of anilines is 3. The average molecular weight is 452 g/mol. The summed E-state index contributed by atoms with van der Waals surface area (Å²) in [5.41, 5.74) is 1.77. The molecule has 170 valence electrons. The number of ether oxygens (including phenoxy) is 1. The summed E-state index contributed by atoms with van der Waals surface area (Å²) >= 11 is 0. The van der Waals surface area contributed by atoms with Crippen LogP contribution in [0.4, 0.5) is 17.2 Å². The number of rotatable bonds is 8. The Morgan fingerprint density at radius 1 is 1.18 bits per heavy atom. The van der Waals surface area contributed by atoms with Crippen molar-refractivity contribution in [1.29, 1.82) is 0 Å². The van der Waals surface area contributed by atoms with Crippen LogP contribution in [0.15, 0.2) is 30.5 Å². The molecule has 0 bridgehead atoms. The molecule has 2 saturated carbocycles. The van der Waals surface area contributed by atoms with Crippen LogP contribution in [0.5, 0.6) is 5.75 Å². The van der Waals surface area contributed by atoms with E-state index < -0.39 is 12.9 Å². The predicted octanol–water partition coefficient (Wildman–Crippen LogP) is 2.40. The summed E-state index contributed by atoms with van der Waals surface area (Å²) in [4.78, 5) is 26.4. The normalized spacial score (nSPS) is 16.8. The van der Waals surface area contributed by atoms with Gasteiger partial charge in [0.05, 0.1) is 30.4 Å². The van der Waals surface area contributed by atoms with Crippen molar-refractivity contribution in [3.05, 3.63) is 41.9 Å². The van der Waals surface area contributed by atoms with Crippen LogP contribution < -0.4 is 20.7 Å². The molecule has 0 unspecified atom stereocenters. The Balaban J connectivity index is 1.49. The van der Waals surface area contributed by atoms with Crippen LogP contribution in [0.1, 0.15) is 51.9 Å². The number of carbonyl (C=O) groups is 2. The summed E-state index contributed by atoms with van der Waals surface area (Å²) in [7, 11) is 1.49. The quantitative estimate of drug-likeness (QED) is 0.475. The maximum absolute atomic E-state index is 12.7. The van der Waals surface area contributed by atoms with Crippen LogP contribution in [0, 0.1) is 5.92 Å². The second-order valence-electron chi connectivity index (χ2n) is 8.03. The van der Waals surface area contributed by atoms with Crippen LogP contribution in [-0.4, -0.2) is 51.1 Å². The summed E-state index contributed by atoms with van der Waals surface area (Å²) in [6.45, 7) is -2.72. The Hall–Kier alpha value is -4.02. The van der Waals surface area contributed by atoms with Gasteiger partial charge in [0.1, 0.15) is 5.69 Å². The molecule has 2 aliphatic rings. The predicted molar refractivity (Wildman–Crippen MR) is 120 cm³/mol. The van der Waals surface area contributed by atoms with Gasteiger partial charge in [-0.15, -0.1) is 15.0 Å². The van der Waals surface area contributed by atoms with Gasteiger partial charge >= 0.3 is 0 Å². The molecule has 2 aliphatic carbocycles. The number of amides is 2. The number of aromatic nitrogens is 5. The molecule has 5 rings (SSSR count). The van der Waals surface area contributed by atoms with Crippen molar-refractivity contribution in [2.75, 3.05) is 24.7 Å². The summed E-state index contributed by atoms with van der Waals surface area (Å²) in [6.07, 6.45) is 5.52. The van der Waals surface area contributed by atoms with E-state index in [-0.39, 0.29) is 29.0 Å². The first-order valence-corrected chi connectivity index (χ1v) is 10.6. The van der Waals surface area contributed by atoms with Crippen molar-refractivity contribution >= 4 is 29.0 Å². The number of benzene rings is 1. The number of carbonyl (C=O) groups excluding carboxylic acids is 2. The van der Waals surface area contributed by atoms with Crippen LogP contribution in [0.3, 0.4) is 0 Å². The lowest BCUT2D eigenvalue weighted by molar-refractivity contribution is -0.117. The van der Waals surface area contributed by atoms with Gasteiger partial charge in [-0.1, -0.05) is 6.07 Å². The minimum Gasteiger partial charge on any atom is -0.492 e. The van der Waals surface area contributed by atoms with E-state index in [2.05, 4.69) is 31.0 Å². The number of para-hydroxylation sites is 1. The molecule has 2 fully saturated rings. The minimum absolute atomic E-state index is 0.0689. The van der Waals surface area contributed by atoms with E-state index in [1.165, 1.54) is 18.0 Å². The van der Waals surface area contributed by atoms with Crippen molar-refractivity contribution in [3.8, 4) is 11.4 Å². The number of nitrogens with zero attached hydrogens (tertiary/aromatic N) is 5. The molecule has 11 nitrogen and oxygen atoms in total. The molecule has 3 aromatic rings. The molecule has 2 aromatic heterocycles. The largest absolute Gasteiger partial charge is 0.492 e. The van der Waals surface area contributed by atoms with Crippen LogP contribution in [0.25, 0.3) is 5.69 Å². The topological polar surface area (TPSA) is 136 Å². The number of hydrogen-bond donors (Lipinski definition) is 3. The lowest BCUT2D eigenvalue weighted by Crippen LogP contribution is -2.22. The number of methoxy groups -OCH3 is 1. The molecule has 3 N–H and O–H groups in total. The van der Waals surface area contributed by atoms with E-state index in [1.807, 2.05) is 5.32 Å². The molecule has 33 heavy (non-hydrogen) atoms. The highest BCUT2D eigenvalue weighted by molar-refractivity contribution is 5.99. The smallest absolute Gasteiger partial charge is 0.273 e. The third kappa shape index (κ3) is 4.34. The molecule has 2 heterocycles. The Morgan fingerprint density at radius 3 is 2.76 bits per heavy atom. The molecule has 11 heteroatoms. The van der Waals surface area contributed by atoms with E-state index in [0.717, 1.165) is 31.4 Å². The Bertz CT molecular complexity index is 1320. The van der Waals surface area contributed by atoms with Gasteiger partial charge in [-0.3, -0.25) is 9.59 Å². The molecule has 2 amide bonds. The average Bonchev–Trinajstić information content (AvgIpc) is 3.76. The van der Waals surface area contributed by atoms with Crippen LogP contribution >= 0.6 is 0 Å². The minimum atomic E-state index is -2.72. The zero-order chi connectivity index (χ0) is 25.4. The van der Waals surface area contributed by atoms with Gasteiger partial charge in [0.15, 0.2) is 17.3 Å². The molecule has 0 radical (unpaired) electrons. The molecular weight excluding hydrogens is 424 g/mol. The second kappa shape index (κ2) is 8.49. The third-order valence-electron chi connectivity index (χ3n) is 5.51. The Morgan fingerprint density at radius 2 is 2.03 bits per heavy atom. The SMILES string of the molecule is [2H]C([2H])([2H])NC(=O)c1nnc(NC(=O)C2CC2)cc1Nc1cccc(-n2ncc(C3CC3)n2)c1OC. The summed E-state index contributed by atoms with van der Waals surface area (Å²) in [5.74, 6) is -0.275. The van der Waals surface area contributed by atoms with E-state index in [4.69, 9.17) is 8.85 Å². The zero-order valence-electron chi connectivity index (χ0n) is 20.8. The molecule has 0 atom stereocenters. The molecular formula is C22H24N8O3. The number of nitrogens with one attached hydrogen (secondary N) is 3. The maximum atomic E-state index is 12.7. The summed E-state index contributed by atoms with van der Waals surface area (Å²) in [6, 6.07) is 6.68. The zero-order valence-corrected chi connectivity index (χ0v) is 17.8. The van der Waals surface area contributed by atoms with Crippen LogP contribution in [0.2, 0.25) is 0 Å². The van der Waals surface area contributed by atoms with Gasteiger partial charge in [-0.2, -0.15) is 10.2 Å². The maximum Gasteiger partial charge on any atom is 0.273 e. The highest BCUT2D eigenvalue weighted by atomic mass is 16.5. The van der Waals surface area contributed by atoms with E-state index in [0.29, 0.717) is 23.0 Å². The van der Waals surface area contributed by atoms with Gasteiger partial charge in [0.25, 0.3) is 5.91 Å². The van der Waals surface area contributed by atoms with Gasteiger partial charge in [-0.05, 0) is 37.8 Å². The fraction of sp³-hybridized carbons (Fsp3) is 0.364. The Kier molecular flexibility index (Phi) is 4.51. The summed E-state index contributed by atoms with van der Waals surface area (Å²) in [5, 5.41) is 24.4. The van der Waals surface area contributed by atoms with Gasteiger partial charge in [-0.25, -0.2) is 0 Å².